The molecule has 4 amide bonds. The van der Waals surface area contributed by atoms with E-state index in [2.05, 4.69) is 30.1 Å². The number of aliphatic imine (C=N–C) groups is 2. The summed E-state index contributed by atoms with van der Waals surface area (Å²) in [5.41, 5.74) is 13.5. The molecule has 12 heteroatoms. The van der Waals surface area contributed by atoms with Gasteiger partial charge in [-0.3, -0.25) is 9.59 Å². The number of nitrogens with one attached hydrogen (secondary N) is 2. The SMILES string of the molecule is COC(=O)/N=C(\N)c1ccc(NC(=O)CCCC(=O)Nc2ccc(/C(N)=N/C(=O)OC)cc2)cc1. The van der Waals surface area contributed by atoms with Crippen molar-refractivity contribution in [1.29, 1.82) is 0 Å². The highest BCUT2D eigenvalue weighted by molar-refractivity contribution is 6.04. The number of carbonyl (C=O) groups excluding carboxylic acids is 4. The number of ether oxygens (including phenoxy) is 2. The van der Waals surface area contributed by atoms with Gasteiger partial charge in [0.15, 0.2) is 0 Å². The Bertz CT molecular complexity index is 1040. The molecule has 0 aliphatic rings. The molecule has 0 aliphatic carbocycles. The van der Waals surface area contributed by atoms with Crippen LogP contribution in [0.25, 0.3) is 0 Å². The molecule has 184 valence electrons. The maximum atomic E-state index is 12.1. The van der Waals surface area contributed by atoms with E-state index in [0.29, 0.717) is 28.9 Å². The second kappa shape index (κ2) is 13.1. The molecule has 2 aromatic carbocycles. The number of hydrogen-bond acceptors (Lipinski definition) is 6. The van der Waals surface area contributed by atoms with Crippen LogP contribution >= 0.6 is 0 Å². The zero-order valence-electron chi connectivity index (χ0n) is 19.2. The molecule has 0 bridgehead atoms. The molecule has 0 unspecified atom stereocenters. The molecule has 6 N–H and O–H groups in total. The number of benzene rings is 2. The van der Waals surface area contributed by atoms with Gasteiger partial charge in [0.2, 0.25) is 11.8 Å². The van der Waals surface area contributed by atoms with Crippen molar-refractivity contribution in [2.24, 2.45) is 21.5 Å². The lowest BCUT2D eigenvalue weighted by molar-refractivity contribution is -0.117. The largest absolute Gasteiger partial charge is 0.451 e. The molecule has 0 spiro atoms. The van der Waals surface area contributed by atoms with E-state index < -0.39 is 12.2 Å². The Labute approximate surface area is 201 Å². The summed E-state index contributed by atoms with van der Waals surface area (Å²) < 4.78 is 8.84. The van der Waals surface area contributed by atoms with Crippen LogP contribution in [0.3, 0.4) is 0 Å². The molecule has 0 saturated heterocycles. The van der Waals surface area contributed by atoms with Gasteiger partial charge < -0.3 is 31.6 Å². The van der Waals surface area contributed by atoms with E-state index in [1.54, 1.807) is 48.5 Å². The number of carbonyl (C=O) groups is 4. The smallest absolute Gasteiger partial charge is 0.435 e. The first kappa shape index (κ1) is 26.5. The summed E-state index contributed by atoms with van der Waals surface area (Å²) in [6.07, 6.45) is -1.00. The molecule has 0 aromatic heterocycles. The molecule has 2 rings (SSSR count). The van der Waals surface area contributed by atoms with Crippen LogP contribution in [-0.2, 0) is 19.1 Å². The van der Waals surface area contributed by atoms with Crippen molar-refractivity contribution in [2.75, 3.05) is 24.9 Å². The number of amidine groups is 2. The van der Waals surface area contributed by atoms with E-state index >= 15 is 0 Å². The second-order valence-electron chi connectivity index (χ2n) is 7.04. The summed E-state index contributed by atoms with van der Waals surface area (Å²) in [4.78, 5) is 53.7. The van der Waals surface area contributed by atoms with Gasteiger partial charge in [0.25, 0.3) is 0 Å². The fourth-order valence-corrected chi connectivity index (χ4v) is 2.72. The molecule has 0 aliphatic heterocycles. The highest BCUT2D eigenvalue weighted by Crippen LogP contribution is 2.13. The zero-order chi connectivity index (χ0) is 25.8. The first-order valence-electron chi connectivity index (χ1n) is 10.4. The number of nitrogens with zero attached hydrogens (tertiary/aromatic N) is 2. The van der Waals surface area contributed by atoms with E-state index in [4.69, 9.17) is 11.5 Å². The molecular weight excluding hydrogens is 456 g/mol. The summed E-state index contributed by atoms with van der Waals surface area (Å²) in [7, 11) is 2.39. The lowest BCUT2D eigenvalue weighted by Crippen LogP contribution is -2.17. The highest BCUT2D eigenvalue weighted by Gasteiger charge is 2.09. The lowest BCUT2D eigenvalue weighted by Gasteiger charge is -2.08. The summed E-state index contributed by atoms with van der Waals surface area (Å²) in [5.74, 6) is -0.528. The van der Waals surface area contributed by atoms with E-state index in [9.17, 15) is 19.2 Å². The van der Waals surface area contributed by atoms with Crippen molar-refractivity contribution < 1.29 is 28.7 Å². The number of amides is 4. The summed E-state index contributed by atoms with van der Waals surface area (Å²) >= 11 is 0. The Hall–Kier alpha value is -4.74. The van der Waals surface area contributed by atoms with Crippen molar-refractivity contribution in [3.8, 4) is 0 Å². The van der Waals surface area contributed by atoms with E-state index in [1.807, 2.05) is 0 Å². The third-order valence-corrected chi connectivity index (χ3v) is 4.51. The average molecular weight is 482 g/mol. The number of nitrogens with two attached hydrogens (primary N) is 2. The summed E-state index contributed by atoms with van der Waals surface area (Å²) in [6.45, 7) is 0. The van der Waals surface area contributed by atoms with Crippen molar-refractivity contribution in [2.45, 2.75) is 19.3 Å². The van der Waals surface area contributed by atoms with Crippen LogP contribution in [0.4, 0.5) is 21.0 Å². The molecule has 12 nitrogen and oxygen atoms in total. The van der Waals surface area contributed by atoms with Gasteiger partial charge in [0, 0.05) is 35.3 Å². The molecule has 0 radical (unpaired) electrons. The molecule has 0 fully saturated rings. The quantitative estimate of drug-likeness (QED) is 0.326. The van der Waals surface area contributed by atoms with Gasteiger partial charge in [-0.1, -0.05) is 0 Å². The third kappa shape index (κ3) is 8.96. The van der Waals surface area contributed by atoms with Crippen LogP contribution < -0.4 is 22.1 Å². The van der Waals surface area contributed by atoms with Gasteiger partial charge in [-0.25, -0.2) is 9.59 Å². The van der Waals surface area contributed by atoms with Crippen LogP contribution in [0.15, 0.2) is 58.5 Å². The fourth-order valence-electron chi connectivity index (χ4n) is 2.72. The van der Waals surface area contributed by atoms with Crippen molar-refractivity contribution in [1.82, 2.24) is 0 Å². The molecule has 0 saturated carbocycles. The van der Waals surface area contributed by atoms with Crippen LogP contribution in [0.1, 0.15) is 30.4 Å². The van der Waals surface area contributed by atoms with Crippen LogP contribution in [0.5, 0.6) is 0 Å². The van der Waals surface area contributed by atoms with Crippen molar-refractivity contribution in [3.05, 3.63) is 59.7 Å². The number of anilines is 2. The van der Waals surface area contributed by atoms with Gasteiger partial charge in [-0.15, -0.1) is 0 Å². The lowest BCUT2D eigenvalue weighted by atomic mass is 10.1. The normalized spacial score (nSPS) is 11.4. The number of methoxy groups -OCH3 is 2. The Morgan fingerprint density at radius 2 is 1.03 bits per heavy atom. The minimum atomic E-state index is -0.810. The third-order valence-electron chi connectivity index (χ3n) is 4.51. The van der Waals surface area contributed by atoms with Crippen LogP contribution in [-0.4, -0.2) is 49.9 Å². The Morgan fingerprint density at radius 1 is 0.686 bits per heavy atom. The molecule has 0 atom stereocenters. The van der Waals surface area contributed by atoms with E-state index in [1.165, 1.54) is 14.2 Å². The first-order valence-corrected chi connectivity index (χ1v) is 10.4. The summed E-state index contributed by atoms with van der Waals surface area (Å²) in [6, 6.07) is 12.9. The Morgan fingerprint density at radius 3 is 1.34 bits per heavy atom. The number of rotatable bonds is 8. The molecule has 2 aromatic rings. The first-order chi connectivity index (χ1) is 16.7. The van der Waals surface area contributed by atoms with E-state index in [-0.39, 0.29) is 36.3 Å². The van der Waals surface area contributed by atoms with Crippen LogP contribution in [0.2, 0.25) is 0 Å². The monoisotopic (exact) mass is 482 g/mol. The van der Waals surface area contributed by atoms with Gasteiger partial charge >= 0.3 is 12.2 Å². The van der Waals surface area contributed by atoms with Crippen molar-refractivity contribution in [3.63, 3.8) is 0 Å². The van der Waals surface area contributed by atoms with E-state index in [0.717, 1.165) is 0 Å². The minimum absolute atomic E-state index is 0.00632. The van der Waals surface area contributed by atoms with Crippen molar-refractivity contribution >= 4 is 47.0 Å². The number of hydrogen-bond donors (Lipinski definition) is 4. The predicted molar refractivity (Wildman–Crippen MR) is 130 cm³/mol. The minimum Gasteiger partial charge on any atom is -0.451 e. The molecule has 0 heterocycles. The van der Waals surface area contributed by atoms with Gasteiger partial charge in [0.05, 0.1) is 14.2 Å². The maximum Gasteiger partial charge on any atom is 0.435 e. The molecular formula is C23H26N6O6. The second-order valence-corrected chi connectivity index (χ2v) is 7.04. The maximum absolute atomic E-state index is 12.1. The summed E-state index contributed by atoms with van der Waals surface area (Å²) in [5, 5.41) is 5.44. The van der Waals surface area contributed by atoms with Crippen LogP contribution in [0, 0.1) is 0 Å². The van der Waals surface area contributed by atoms with Gasteiger partial charge in [0.1, 0.15) is 11.7 Å². The fraction of sp³-hybridized carbons (Fsp3) is 0.217. The zero-order valence-corrected chi connectivity index (χ0v) is 19.2. The van der Waals surface area contributed by atoms with Gasteiger partial charge in [-0.05, 0) is 55.0 Å². The predicted octanol–water partition coefficient (Wildman–Crippen LogP) is 2.38. The van der Waals surface area contributed by atoms with Gasteiger partial charge in [-0.2, -0.15) is 9.98 Å². The Balaban J connectivity index is 1.77. The Kier molecular flexibility index (Phi) is 9.91. The molecule has 35 heavy (non-hydrogen) atoms. The topological polar surface area (TPSA) is 188 Å². The standard InChI is InChI=1S/C23H26N6O6/c1-34-22(32)28-20(24)14-6-10-16(11-7-14)26-18(30)4-3-5-19(31)27-17-12-8-15(9-13-17)21(25)29-23(33)35-2/h6-13H,3-5H2,1-2H3,(H,26,30)(H,27,31)(H2,24,28,32)(H2,25,29,33). The average Bonchev–Trinajstić information content (AvgIpc) is 2.84. The highest BCUT2D eigenvalue weighted by atomic mass is 16.5.